The molecular weight excluding hydrogens is 386 g/mol. The molecule has 0 saturated heterocycles. The number of sulfonamides is 1. The minimum Gasteiger partial charge on any atom is -0.350 e. The maximum Gasteiger partial charge on any atom is 0.252 e. The number of hydrogen-bond acceptors (Lipinski definition) is 4. The van der Waals surface area contributed by atoms with Crippen molar-refractivity contribution in [3.63, 3.8) is 0 Å². The standard InChI is InChI=1S/C19H24ClN3O3S/c1-21-27(25,26)16-9-10-18(20)17(12-16)19(24)22-13-15(23(2)3)11-14-7-5-4-6-8-14/h4-10,12,15,21H,11,13H2,1-3H3,(H,22,24). The van der Waals surface area contributed by atoms with Crippen molar-refractivity contribution >= 4 is 27.5 Å². The lowest BCUT2D eigenvalue weighted by molar-refractivity contribution is 0.0941. The zero-order chi connectivity index (χ0) is 20.0. The molecule has 0 aliphatic carbocycles. The topological polar surface area (TPSA) is 78.5 Å². The minimum atomic E-state index is -3.65. The van der Waals surface area contributed by atoms with Crippen molar-refractivity contribution < 1.29 is 13.2 Å². The first-order valence-corrected chi connectivity index (χ1v) is 10.3. The Bertz CT molecular complexity index is 886. The molecule has 1 atom stereocenters. The molecule has 0 aliphatic rings. The van der Waals surface area contributed by atoms with E-state index in [9.17, 15) is 13.2 Å². The van der Waals surface area contributed by atoms with Gasteiger partial charge < -0.3 is 10.2 Å². The smallest absolute Gasteiger partial charge is 0.252 e. The summed E-state index contributed by atoms with van der Waals surface area (Å²) >= 11 is 6.11. The molecule has 1 unspecified atom stereocenters. The Morgan fingerprint density at radius 1 is 1.15 bits per heavy atom. The molecule has 27 heavy (non-hydrogen) atoms. The van der Waals surface area contributed by atoms with Crippen LogP contribution in [0.5, 0.6) is 0 Å². The summed E-state index contributed by atoms with van der Waals surface area (Å²) < 4.78 is 26.1. The quantitative estimate of drug-likeness (QED) is 0.700. The highest BCUT2D eigenvalue weighted by Crippen LogP contribution is 2.20. The molecule has 0 saturated carbocycles. The van der Waals surface area contributed by atoms with Crippen molar-refractivity contribution in [2.24, 2.45) is 0 Å². The number of hydrogen-bond donors (Lipinski definition) is 2. The number of rotatable bonds is 8. The predicted molar refractivity (Wildman–Crippen MR) is 108 cm³/mol. The summed E-state index contributed by atoms with van der Waals surface area (Å²) in [5.41, 5.74) is 1.30. The fourth-order valence-corrected chi connectivity index (χ4v) is 3.55. The third-order valence-corrected chi connectivity index (χ3v) is 6.05. The van der Waals surface area contributed by atoms with Gasteiger partial charge in [-0.3, -0.25) is 4.79 Å². The molecular formula is C19H24ClN3O3S. The van der Waals surface area contributed by atoms with Gasteiger partial charge in [-0.25, -0.2) is 13.1 Å². The first-order valence-electron chi connectivity index (χ1n) is 8.46. The summed E-state index contributed by atoms with van der Waals surface area (Å²) in [7, 11) is 1.56. The summed E-state index contributed by atoms with van der Waals surface area (Å²) in [5, 5.41) is 3.06. The lowest BCUT2D eigenvalue weighted by Gasteiger charge is -2.25. The third kappa shape index (κ3) is 5.77. The first-order chi connectivity index (χ1) is 12.7. The number of nitrogens with one attached hydrogen (secondary N) is 2. The highest BCUT2D eigenvalue weighted by atomic mass is 35.5. The molecule has 0 fully saturated rings. The van der Waals surface area contributed by atoms with Crippen molar-refractivity contribution in [1.29, 1.82) is 0 Å². The van der Waals surface area contributed by atoms with E-state index in [1.807, 2.05) is 49.3 Å². The number of carbonyl (C=O) groups excluding carboxylic acids is 1. The van der Waals surface area contributed by atoms with Gasteiger partial charge in [0.2, 0.25) is 10.0 Å². The van der Waals surface area contributed by atoms with E-state index < -0.39 is 15.9 Å². The highest BCUT2D eigenvalue weighted by molar-refractivity contribution is 7.89. The first kappa shape index (κ1) is 21.4. The van der Waals surface area contributed by atoms with Gasteiger partial charge in [0.1, 0.15) is 0 Å². The average molecular weight is 410 g/mol. The third-order valence-electron chi connectivity index (χ3n) is 4.30. The van der Waals surface area contributed by atoms with Crippen LogP contribution in [-0.2, 0) is 16.4 Å². The molecule has 6 nitrogen and oxygen atoms in total. The van der Waals surface area contributed by atoms with Crippen LogP contribution >= 0.6 is 11.6 Å². The van der Waals surface area contributed by atoms with Crippen LogP contribution < -0.4 is 10.0 Å². The van der Waals surface area contributed by atoms with Crippen LogP contribution in [0.4, 0.5) is 0 Å². The van der Waals surface area contributed by atoms with Crippen molar-refractivity contribution in [2.75, 3.05) is 27.7 Å². The molecule has 2 aromatic carbocycles. The zero-order valence-electron chi connectivity index (χ0n) is 15.6. The fourth-order valence-electron chi connectivity index (χ4n) is 2.59. The lowest BCUT2D eigenvalue weighted by Crippen LogP contribution is -2.41. The van der Waals surface area contributed by atoms with Crippen LogP contribution in [-0.4, -0.2) is 53.0 Å². The van der Waals surface area contributed by atoms with E-state index >= 15 is 0 Å². The van der Waals surface area contributed by atoms with Gasteiger partial charge in [-0.15, -0.1) is 0 Å². The van der Waals surface area contributed by atoms with E-state index in [1.54, 1.807) is 0 Å². The number of likely N-dealkylation sites (N-methyl/N-ethyl adjacent to an activating group) is 1. The normalized spacial score (nSPS) is 12.8. The Hall–Kier alpha value is -1.93. The Morgan fingerprint density at radius 2 is 1.81 bits per heavy atom. The summed E-state index contributed by atoms with van der Waals surface area (Å²) in [6.45, 7) is 0.403. The molecule has 146 valence electrons. The molecule has 2 rings (SSSR count). The molecule has 0 aromatic heterocycles. The van der Waals surface area contributed by atoms with Gasteiger partial charge in [0.25, 0.3) is 5.91 Å². The molecule has 2 N–H and O–H groups in total. The molecule has 0 spiro atoms. The molecule has 0 aliphatic heterocycles. The number of carbonyl (C=O) groups is 1. The second kappa shape index (κ2) is 9.32. The van der Waals surface area contributed by atoms with Gasteiger partial charge in [-0.1, -0.05) is 41.9 Å². The zero-order valence-corrected chi connectivity index (χ0v) is 17.1. The minimum absolute atomic E-state index is 0.00649. The number of nitrogens with zero attached hydrogens (tertiary/aromatic N) is 1. The van der Waals surface area contributed by atoms with E-state index in [0.717, 1.165) is 6.42 Å². The maximum atomic E-state index is 12.6. The van der Waals surface area contributed by atoms with Gasteiger partial charge >= 0.3 is 0 Å². The van der Waals surface area contributed by atoms with E-state index in [-0.39, 0.29) is 21.5 Å². The second-order valence-electron chi connectivity index (χ2n) is 6.37. The van der Waals surface area contributed by atoms with Gasteiger partial charge in [0, 0.05) is 12.6 Å². The molecule has 0 bridgehead atoms. The molecule has 1 amide bonds. The molecule has 0 heterocycles. The number of amides is 1. The van der Waals surface area contributed by atoms with Crippen molar-refractivity contribution in [2.45, 2.75) is 17.4 Å². The highest BCUT2D eigenvalue weighted by Gasteiger charge is 2.19. The number of halogens is 1. The van der Waals surface area contributed by atoms with E-state index in [4.69, 9.17) is 11.6 Å². The molecule has 2 aromatic rings. The Kier molecular flexibility index (Phi) is 7.38. The van der Waals surface area contributed by atoms with Crippen LogP contribution in [0.25, 0.3) is 0 Å². The lowest BCUT2D eigenvalue weighted by atomic mass is 10.0. The van der Waals surface area contributed by atoms with Crippen LogP contribution in [0.15, 0.2) is 53.4 Å². The maximum absolute atomic E-state index is 12.6. The van der Waals surface area contributed by atoms with Crippen molar-refractivity contribution in [1.82, 2.24) is 14.9 Å². The summed E-state index contributed by atoms with van der Waals surface area (Å²) in [6, 6.07) is 14.1. The molecule has 0 radical (unpaired) electrons. The second-order valence-corrected chi connectivity index (χ2v) is 8.66. The Balaban J connectivity index is 2.12. The van der Waals surface area contributed by atoms with Gasteiger partial charge in [0.15, 0.2) is 0 Å². The monoisotopic (exact) mass is 409 g/mol. The van der Waals surface area contributed by atoms with E-state index in [0.29, 0.717) is 6.54 Å². The van der Waals surface area contributed by atoms with E-state index in [2.05, 4.69) is 10.0 Å². The summed E-state index contributed by atoms with van der Waals surface area (Å²) in [4.78, 5) is 14.6. The summed E-state index contributed by atoms with van der Waals surface area (Å²) in [6.07, 6.45) is 0.774. The van der Waals surface area contributed by atoms with Gasteiger partial charge in [-0.2, -0.15) is 0 Å². The van der Waals surface area contributed by atoms with Crippen LogP contribution in [0.1, 0.15) is 15.9 Å². The fraction of sp³-hybridized carbons (Fsp3) is 0.316. The number of benzene rings is 2. The largest absolute Gasteiger partial charge is 0.350 e. The Labute approximate surface area is 165 Å². The van der Waals surface area contributed by atoms with Crippen molar-refractivity contribution in [3.05, 3.63) is 64.7 Å². The van der Waals surface area contributed by atoms with Crippen LogP contribution in [0, 0.1) is 0 Å². The predicted octanol–water partition coefficient (Wildman–Crippen LogP) is 2.15. The SMILES string of the molecule is CNS(=O)(=O)c1ccc(Cl)c(C(=O)NCC(Cc2ccccc2)N(C)C)c1. The average Bonchev–Trinajstić information content (AvgIpc) is 2.65. The molecule has 8 heteroatoms. The van der Waals surface area contributed by atoms with Crippen molar-refractivity contribution in [3.8, 4) is 0 Å². The van der Waals surface area contributed by atoms with Gasteiger partial charge in [0.05, 0.1) is 15.5 Å². The van der Waals surface area contributed by atoms with Crippen LogP contribution in [0.2, 0.25) is 5.02 Å². The van der Waals surface area contributed by atoms with E-state index in [1.165, 1.54) is 30.8 Å². The Morgan fingerprint density at radius 3 is 2.41 bits per heavy atom. The summed E-state index contributed by atoms with van der Waals surface area (Å²) in [5.74, 6) is -0.409. The van der Waals surface area contributed by atoms with Crippen LogP contribution in [0.3, 0.4) is 0 Å². The van der Waals surface area contributed by atoms with Gasteiger partial charge in [-0.05, 0) is 51.3 Å².